The van der Waals surface area contributed by atoms with Gasteiger partial charge in [0.15, 0.2) is 0 Å². The van der Waals surface area contributed by atoms with Crippen LogP contribution in [0.4, 0.5) is 4.39 Å². The summed E-state index contributed by atoms with van der Waals surface area (Å²) in [6, 6.07) is 4.80. The van der Waals surface area contributed by atoms with Crippen LogP contribution in [0.2, 0.25) is 5.02 Å². The lowest BCUT2D eigenvalue weighted by Gasteiger charge is -2.14. The quantitative estimate of drug-likeness (QED) is 0.671. The van der Waals surface area contributed by atoms with Gasteiger partial charge in [-0.1, -0.05) is 23.7 Å². The normalized spacial score (nSPS) is 12.7. The third kappa shape index (κ3) is 2.87. The highest BCUT2D eigenvalue weighted by molar-refractivity contribution is 7.11. The van der Waals surface area contributed by atoms with Crippen molar-refractivity contribution in [3.8, 4) is 0 Å². The molecule has 1 atom stereocenters. The Bertz CT molecular complexity index is 544. The molecule has 6 heteroatoms. The van der Waals surface area contributed by atoms with Crippen molar-refractivity contribution in [2.45, 2.75) is 19.4 Å². The highest BCUT2D eigenvalue weighted by Crippen LogP contribution is 2.26. The monoisotopic (exact) mass is 285 g/mol. The van der Waals surface area contributed by atoms with Gasteiger partial charge in [0, 0.05) is 11.1 Å². The molecule has 96 valence electrons. The summed E-state index contributed by atoms with van der Waals surface area (Å²) in [5, 5.41) is 1.08. The van der Waals surface area contributed by atoms with Crippen LogP contribution in [0.15, 0.2) is 24.4 Å². The molecule has 0 saturated carbocycles. The Kier molecular flexibility index (Phi) is 4.29. The fourth-order valence-corrected chi connectivity index (χ4v) is 2.75. The molecule has 0 aliphatic heterocycles. The van der Waals surface area contributed by atoms with Gasteiger partial charge in [0.05, 0.1) is 16.1 Å². The topological polar surface area (TPSA) is 50.9 Å². The highest BCUT2D eigenvalue weighted by Gasteiger charge is 2.16. The highest BCUT2D eigenvalue weighted by atomic mass is 35.5. The van der Waals surface area contributed by atoms with E-state index in [4.69, 9.17) is 17.4 Å². The Hall–Kier alpha value is -1.01. The molecular formula is C12H13ClFN3S. The maximum absolute atomic E-state index is 13.8. The van der Waals surface area contributed by atoms with E-state index in [1.165, 1.54) is 6.07 Å². The first-order chi connectivity index (χ1) is 8.61. The van der Waals surface area contributed by atoms with Crippen LogP contribution in [0.1, 0.15) is 21.5 Å². The zero-order valence-electron chi connectivity index (χ0n) is 9.78. The number of nitrogens with two attached hydrogens (primary N) is 1. The average Bonchev–Trinajstić information content (AvgIpc) is 2.78. The van der Waals surface area contributed by atoms with Crippen molar-refractivity contribution in [2.75, 3.05) is 0 Å². The van der Waals surface area contributed by atoms with Crippen molar-refractivity contribution in [3.05, 3.63) is 50.7 Å². The summed E-state index contributed by atoms with van der Waals surface area (Å²) in [7, 11) is 0. The molecular weight excluding hydrogens is 273 g/mol. The number of hydrazine groups is 1. The van der Waals surface area contributed by atoms with E-state index in [0.717, 1.165) is 9.88 Å². The molecule has 3 N–H and O–H groups in total. The lowest BCUT2D eigenvalue weighted by molar-refractivity contribution is 0.535. The van der Waals surface area contributed by atoms with E-state index in [0.29, 0.717) is 12.0 Å². The van der Waals surface area contributed by atoms with E-state index in [9.17, 15) is 4.39 Å². The number of benzene rings is 1. The molecule has 3 nitrogen and oxygen atoms in total. The number of thiazole rings is 1. The van der Waals surface area contributed by atoms with Crippen LogP contribution < -0.4 is 11.3 Å². The number of nitrogens with zero attached hydrogens (tertiary/aromatic N) is 1. The minimum absolute atomic E-state index is 0.128. The molecule has 1 unspecified atom stereocenters. The summed E-state index contributed by atoms with van der Waals surface area (Å²) < 4.78 is 13.8. The van der Waals surface area contributed by atoms with Gasteiger partial charge in [-0.3, -0.25) is 11.3 Å². The second-order valence-corrected chi connectivity index (χ2v) is 5.59. The number of aromatic nitrogens is 1. The number of hydrogen-bond acceptors (Lipinski definition) is 4. The zero-order valence-corrected chi connectivity index (χ0v) is 11.4. The first-order valence-electron chi connectivity index (χ1n) is 5.43. The van der Waals surface area contributed by atoms with Crippen LogP contribution in [0.3, 0.4) is 0 Å². The van der Waals surface area contributed by atoms with Crippen molar-refractivity contribution in [2.24, 2.45) is 5.84 Å². The van der Waals surface area contributed by atoms with Crippen molar-refractivity contribution in [1.82, 2.24) is 10.4 Å². The van der Waals surface area contributed by atoms with Crippen LogP contribution in [0.25, 0.3) is 0 Å². The van der Waals surface area contributed by atoms with Gasteiger partial charge < -0.3 is 0 Å². The molecule has 0 aliphatic carbocycles. The Balaban J connectivity index is 2.23. The van der Waals surface area contributed by atoms with E-state index >= 15 is 0 Å². The van der Waals surface area contributed by atoms with Gasteiger partial charge in [-0.2, -0.15) is 0 Å². The number of halogens is 2. The standard InChI is InChI=1S/C12H13ClFN3S/c1-7-16-6-11(18-7)10(17-15)5-8-3-2-4-9(13)12(8)14/h2-4,6,10,17H,5,15H2,1H3. The van der Waals surface area contributed by atoms with Crippen LogP contribution >= 0.6 is 22.9 Å². The predicted octanol–water partition coefficient (Wildman–Crippen LogP) is 2.99. The number of hydrogen-bond donors (Lipinski definition) is 2. The fraction of sp³-hybridized carbons (Fsp3) is 0.250. The van der Waals surface area contributed by atoms with Crippen molar-refractivity contribution < 1.29 is 4.39 Å². The molecule has 0 spiro atoms. The van der Waals surface area contributed by atoms with Gasteiger partial charge >= 0.3 is 0 Å². The molecule has 2 rings (SSSR count). The van der Waals surface area contributed by atoms with Gasteiger partial charge in [0.25, 0.3) is 0 Å². The first-order valence-corrected chi connectivity index (χ1v) is 6.62. The minimum atomic E-state index is -0.388. The molecule has 0 bridgehead atoms. The Morgan fingerprint density at radius 3 is 2.94 bits per heavy atom. The van der Waals surface area contributed by atoms with E-state index in [-0.39, 0.29) is 16.9 Å². The molecule has 0 fully saturated rings. The van der Waals surface area contributed by atoms with Gasteiger partial charge in [-0.25, -0.2) is 9.37 Å². The molecule has 0 saturated heterocycles. The van der Waals surface area contributed by atoms with E-state index in [2.05, 4.69) is 10.4 Å². The van der Waals surface area contributed by atoms with E-state index in [1.54, 1.807) is 29.7 Å². The van der Waals surface area contributed by atoms with Crippen LogP contribution in [-0.4, -0.2) is 4.98 Å². The molecule has 0 aliphatic rings. The first kappa shape index (κ1) is 13.4. The zero-order chi connectivity index (χ0) is 13.1. The van der Waals surface area contributed by atoms with Gasteiger partial charge in [0.2, 0.25) is 0 Å². The molecule has 2 aromatic rings. The van der Waals surface area contributed by atoms with Crippen LogP contribution in [0.5, 0.6) is 0 Å². The largest absolute Gasteiger partial charge is 0.271 e. The molecule has 0 radical (unpaired) electrons. The maximum Gasteiger partial charge on any atom is 0.145 e. The number of nitrogens with one attached hydrogen (secondary N) is 1. The van der Waals surface area contributed by atoms with Crippen molar-refractivity contribution in [1.29, 1.82) is 0 Å². The molecule has 0 amide bonds. The third-order valence-electron chi connectivity index (χ3n) is 2.64. The Morgan fingerprint density at radius 2 is 2.33 bits per heavy atom. The Labute approximate surface area is 114 Å². The molecule has 1 heterocycles. The van der Waals surface area contributed by atoms with Crippen molar-refractivity contribution in [3.63, 3.8) is 0 Å². The second-order valence-electron chi connectivity index (χ2n) is 3.92. The van der Waals surface area contributed by atoms with Gasteiger partial charge in [0.1, 0.15) is 5.82 Å². The molecule has 1 aromatic heterocycles. The smallest absolute Gasteiger partial charge is 0.145 e. The van der Waals surface area contributed by atoms with Crippen LogP contribution in [-0.2, 0) is 6.42 Å². The van der Waals surface area contributed by atoms with Crippen LogP contribution in [0, 0.1) is 12.7 Å². The number of aryl methyl sites for hydroxylation is 1. The van der Waals surface area contributed by atoms with Gasteiger partial charge in [-0.15, -0.1) is 11.3 Å². The third-order valence-corrected chi connectivity index (χ3v) is 3.96. The van der Waals surface area contributed by atoms with Gasteiger partial charge in [-0.05, 0) is 25.0 Å². The summed E-state index contributed by atoms with van der Waals surface area (Å²) in [4.78, 5) is 5.15. The minimum Gasteiger partial charge on any atom is -0.271 e. The lowest BCUT2D eigenvalue weighted by Crippen LogP contribution is -2.29. The lowest BCUT2D eigenvalue weighted by atomic mass is 10.1. The molecule has 18 heavy (non-hydrogen) atoms. The summed E-state index contributed by atoms with van der Waals surface area (Å²) >= 11 is 7.29. The fourth-order valence-electron chi connectivity index (χ4n) is 1.71. The summed E-state index contributed by atoms with van der Waals surface area (Å²) in [5.74, 6) is 5.14. The van der Waals surface area contributed by atoms with Crippen molar-refractivity contribution >= 4 is 22.9 Å². The number of rotatable bonds is 4. The average molecular weight is 286 g/mol. The Morgan fingerprint density at radius 1 is 1.56 bits per heavy atom. The maximum atomic E-state index is 13.8. The van der Waals surface area contributed by atoms with E-state index < -0.39 is 0 Å². The summed E-state index contributed by atoms with van der Waals surface area (Å²) in [6.45, 7) is 1.92. The predicted molar refractivity (Wildman–Crippen MR) is 72.0 cm³/mol. The SMILES string of the molecule is Cc1ncc(C(Cc2cccc(Cl)c2F)NN)s1. The van der Waals surface area contributed by atoms with E-state index in [1.807, 2.05) is 6.92 Å². The summed E-state index contributed by atoms with van der Waals surface area (Å²) in [5.41, 5.74) is 3.23. The second kappa shape index (κ2) is 5.75. The summed E-state index contributed by atoms with van der Waals surface area (Å²) in [6.07, 6.45) is 2.19. The molecule has 1 aromatic carbocycles.